The van der Waals surface area contributed by atoms with E-state index in [0.29, 0.717) is 24.4 Å². The fourth-order valence-electron chi connectivity index (χ4n) is 2.46. The Labute approximate surface area is 106 Å². The molecule has 0 aromatic carbocycles. The molecule has 1 saturated heterocycles. The van der Waals surface area contributed by atoms with Crippen molar-refractivity contribution in [2.45, 2.75) is 13.3 Å². The topological polar surface area (TPSA) is 77.2 Å². The van der Waals surface area contributed by atoms with Crippen LogP contribution in [0.15, 0.2) is 18.5 Å². The van der Waals surface area contributed by atoms with E-state index in [-0.39, 0.29) is 5.92 Å². The molecule has 0 aliphatic carbocycles. The van der Waals surface area contributed by atoms with Crippen LogP contribution in [-0.2, 0) is 4.79 Å². The highest BCUT2D eigenvalue weighted by Crippen LogP contribution is 2.28. The van der Waals surface area contributed by atoms with Crippen LogP contribution < -0.4 is 4.90 Å². The standard InChI is InChI=1S/C13H15N3O2/c1-9-4-11(13(17)18)8-16(7-9)12-6-15-3-2-10(12)5-14/h2-3,6,9,11H,4,7-8H2,1H3,(H,17,18). The smallest absolute Gasteiger partial charge is 0.308 e. The van der Waals surface area contributed by atoms with Crippen LogP contribution >= 0.6 is 0 Å². The van der Waals surface area contributed by atoms with Gasteiger partial charge in [-0.3, -0.25) is 9.78 Å². The summed E-state index contributed by atoms with van der Waals surface area (Å²) in [7, 11) is 0. The van der Waals surface area contributed by atoms with Crippen LogP contribution in [0.1, 0.15) is 18.9 Å². The third-order valence-electron chi connectivity index (χ3n) is 3.27. The van der Waals surface area contributed by atoms with E-state index in [1.54, 1.807) is 18.5 Å². The van der Waals surface area contributed by atoms with Gasteiger partial charge in [-0.15, -0.1) is 0 Å². The number of hydrogen-bond acceptors (Lipinski definition) is 4. The Morgan fingerprint density at radius 2 is 2.39 bits per heavy atom. The monoisotopic (exact) mass is 245 g/mol. The first-order valence-corrected chi connectivity index (χ1v) is 5.93. The van der Waals surface area contributed by atoms with Crippen LogP contribution in [0.5, 0.6) is 0 Å². The van der Waals surface area contributed by atoms with Gasteiger partial charge in [0.2, 0.25) is 0 Å². The van der Waals surface area contributed by atoms with Gasteiger partial charge in [0, 0.05) is 19.3 Å². The number of aromatic nitrogens is 1. The molecule has 1 aliphatic heterocycles. The number of nitrogens with zero attached hydrogens (tertiary/aromatic N) is 3. The van der Waals surface area contributed by atoms with Gasteiger partial charge in [-0.25, -0.2) is 0 Å². The molecule has 0 radical (unpaired) electrons. The van der Waals surface area contributed by atoms with Crippen LogP contribution in [0.4, 0.5) is 5.69 Å². The van der Waals surface area contributed by atoms with Gasteiger partial charge >= 0.3 is 5.97 Å². The molecule has 0 bridgehead atoms. The average Bonchev–Trinajstić information content (AvgIpc) is 2.38. The molecule has 5 nitrogen and oxygen atoms in total. The SMILES string of the molecule is CC1CC(C(=O)O)CN(c2cnccc2C#N)C1. The number of aliphatic carboxylic acids is 1. The Hall–Kier alpha value is -2.09. The van der Waals surface area contributed by atoms with Gasteiger partial charge in [0.1, 0.15) is 6.07 Å². The Morgan fingerprint density at radius 1 is 1.61 bits per heavy atom. The maximum absolute atomic E-state index is 11.1. The van der Waals surface area contributed by atoms with Crippen molar-refractivity contribution in [3.8, 4) is 6.07 Å². The van der Waals surface area contributed by atoms with Crippen molar-refractivity contribution in [2.75, 3.05) is 18.0 Å². The van der Waals surface area contributed by atoms with Crippen molar-refractivity contribution >= 4 is 11.7 Å². The van der Waals surface area contributed by atoms with E-state index in [1.807, 2.05) is 11.8 Å². The normalized spacial score (nSPS) is 23.4. The van der Waals surface area contributed by atoms with E-state index < -0.39 is 5.97 Å². The van der Waals surface area contributed by atoms with Crippen LogP contribution in [0.3, 0.4) is 0 Å². The summed E-state index contributed by atoms with van der Waals surface area (Å²) in [5, 5.41) is 18.2. The Morgan fingerprint density at radius 3 is 3.06 bits per heavy atom. The highest BCUT2D eigenvalue weighted by molar-refractivity contribution is 5.72. The lowest BCUT2D eigenvalue weighted by Gasteiger charge is -2.36. The third-order valence-corrected chi connectivity index (χ3v) is 3.27. The molecule has 2 atom stereocenters. The van der Waals surface area contributed by atoms with Crippen molar-refractivity contribution in [1.29, 1.82) is 5.26 Å². The molecule has 2 heterocycles. The molecule has 0 spiro atoms. The minimum atomic E-state index is -0.769. The number of carbonyl (C=O) groups is 1. The molecule has 5 heteroatoms. The number of pyridine rings is 1. The molecule has 2 rings (SSSR count). The van der Waals surface area contributed by atoms with E-state index in [2.05, 4.69) is 11.1 Å². The number of piperidine rings is 1. The quantitative estimate of drug-likeness (QED) is 0.854. The largest absolute Gasteiger partial charge is 0.481 e. The molecule has 2 unspecified atom stereocenters. The minimum absolute atomic E-state index is 0.298. The molecule has 1 N–H and O–H groups in total. The lowest BCUT2D eigenvalue weighted by atomic mass is 9.90. The summed E-state index contributed by atoms with van der Waals surface area (Å²) >= 11 is 0. The van der Waals surface area contributed by atoms with Crippen LogP contribution in [-0.4, -0.2) is 29.1 Å². The Bertz CT molecular complexity index is 495. The number of carboxylic acids is 1. The van der Waals surface area contributed by atoms with Gasteiger partial charge in [-0.05, 0) is 18.4 Å². The van der Waals surface area contributed by atoms with Crippen molar-refractivity contribution in [1.82, 2.24) is 4.98 Å². The van der Waals surface area contributed by atoms with Gasteiger partial charge in [-0.1, -0.05) is 6.92 Å². The van der Waals surface area contributed by atoms with Crippen LogP contribution in [0.25, 0.3) is 0 Å². The molecular weight excluding hydrogens is 230 g/mol. The molecule has 94 valence electrons. The number of nitriles is 1. The fraction of sp³-hybridized carbons (Fsp3) is 0.462. The summed E-state index contributed by atoms with van der Waals surface area (Å²) in [6.07, 6.45) is 3.90. The Balaban J connectivity index is 2.27. The molecule has 1 aromatic heterocycles. The van der Waals surface area contributed by atoms with Crippen LogP contribution in [0, 0.1) is 23.2 Å². The highest BCUT2D eigenvalue weighted by atomic mass is 16.4. The van der Waals surface area contributed by atoms with E-state index in [9.17, 15) is 4.79 Å². The third kappa shape index (κ3) is 2.43. The van der Waals surface area contributed by atoms with E-state index in [0.717, 1.165) is 12.2 Å². The molecular formula is C13H15N3O2. The van der Waals surface area contributed by atoms with Crippen molar-refractivity contribution in [3.05, 3.63) is 24.0 Å². The summed E-state index contributed by atoms with van der Waals surface area (Å²) in [4.78, 5) is 17.1. The first-order valence-electron chi connectivity index (χ1n) is 5.93. The van der Waals surface area contributed by atoms with Gasteiger partial charge < -0.3 is 10.0 Å². The molecule has 0 amide bonds. The average molecular weight is 245 g/mol. The van der Waals surface area contributed by atoms with Crippen molar-refractivity contribution in [3.63, 3.8) is 0 Å². The molecule has 0 saturated carbocycles. The second-order valence-electron chi connectivity index (χ2n) is 4.79. The maximum atomic E-state index is 11.1. The first-order chi connectivity index (χ1) is 8.61. The lowest BCUT2D eigenvalue weighted by molar-refractivity contribution is -0.142. The zero-order valence-electron chi connectivity index (χ0n) is 10.2. The van der Waals surface area contributed by atoms with Crippen LogP contribution in [0.2, 0.25) is 0 Å². The maximum Gasteiger partial charge on any atom is 0.308 e. The number of hydrogen-bond donors (Lipinski definition) is 1. The zero-order chi connectivity index (χ0) is 13.1. The summed E-state index contributed by atoms with van der Waals surface area (Å²) in [5.41, 5.74) is 1.28. The first kappa shape index (κ1) is 12.4. The van der Waals surface area contributed by atoms with Gasteiger partial charge in [-0.2, -0.15) is 5.26 Å². The van der Waals surface area contributed by atoms with E-state index >= 15 is 0 Å². The molecule has 1 fully saturated rings. The zero-order valence-corrected chi connectivity index (χ0v) is 10.2. The second kappa shape index (κ2) is 5.05. The summed E-state index contributed by atoms with van der Waals surface area (Å²) in [6.45, 7) is 3.24. The highest BCUT2D eigenvalue weighted by Gasteiger charge is 2.30. The van der Waals surface area contributed by atoms with Gasteiger partial charge in [0.05, 0.1) is 23.4 Å². The van der Waals surface area contributed by atoms with Gasteiger partial charge in [0.25, 0.3) is 0 Å². The van der Waals surface area contributed by atoms with Gasteiger partial charge in [0.15, 0.2) is 0 Å². The van der Waals surface area contributed by atoms with Crippen molar-refractivity contribution in [2.24, 2.45) is 11.8 Å². The fourth-order valence-corrected chi connectivity index (χ4v) is 2.46. The predicted molar refractivity (Wildman–Crippen MR) is 66.1 cm³/mol. The Kier molecular flexibility index (Phi) is 3.47. The second-order valence-corrected chi connectivity index (χ2v) is 4.79. The number of rotatable bonds is 2. The molecule has 1 aliphatic rings. The summed E-state index contributed by atoms with van der Waals surface area (Å²) < 4.78 is 0. The van der Waals surface area contributed by atoms with Crippen molar-refractivity contribution < 1.29 is 9.90 Å². The predicted octanol–water partition coefficient (Wildman–Crippen LogP) is 1.50. The lowest BCUT2D eigenvalue weighted by Crippen LogP contribution is -2.42. The summed E-state index contributed by atoms with van der Waals surface area (Å²) in [6, 6.07) is 3.78. The molecule has 1 aromatic rings. The number of anilines is 1. The summed E-state index contributed by atoms with van der Waals surface area (Å²) in [5.74, 6) is -0.846. The molecule has 18 heavy (non-hydrogen) atoms. The van der Waals surface area contributed by atoms with E-state index in [1.165, 1.54) is 0 Å². The minimum Gasteiger partial charge on any atom is -0.481 e. The number of carboxylic acid groups (broad SMARTS) is 1. The van der Waals surface area contributed by atoms with E-state index in [4.69, 9.17) is 10.4 Å².